The lowest BCUT2D eigenvalue weighted by molar-refractivity contribution is 0.0955. The molecule has 142 valence electrons. The van der Waals surface area contributed by atoms with Crippen LogP contribution in [0.1, 0.15) is 14.5 Å². The van der Waals surface area contributed by atoms with Crippen molar-refractivity contribution in [1.82, 2.24) is 9.62 Å². The fraction of sp³-hybridized carbons (Fsp3) is 0.167. The van der Waals surface area contributed by atoms with E-state index in [1.807, 2.05) is 6.07 Å². The van der Waals surface area contributed by atoms with Gasteiger partial charge in [-0.15, -0.1) is 22.7 Å². The molecule has 0 aliphatic heterocycles. The molecule has 3 rings (SSSR count). The quantitative estimate of drug-likeness (QED) is 0.655. The topological polar surface area (TPSA) is 66.5 Å². The zero-order chi connectivity index (χ0) is 19.6. The molecule has 1 aromatic carbocycles. The third kappa shape index (κ3) is 4.44. The van der Waals surface area contributed by atoms with Crippen molar-refractivity contribution < 1.29 is 17.6 Å². The Labute approximate surface area is 165 Å². The molecule has 1 N–H and O–H groups in total. The van der Waals surface area contributed by atoms with E-state index in [4.69, 9.17) is 0 Å². The van der Waals surface area contributed by atoms with Gasteiger partial charge in [-0.25, -0.2) is 17.1 Å². The zero-order valence-electron chi connectivity index (χ0n) is 14.6. The molecular formula is C18H17FN2O3S3. The summed E-state index contributed by atoms with van der Waals surface area (Å²) in [5.74, 6) is -0.543. The standard InChI is InChI=1S/C18H17FN2O3S3/c1-21(2)27(23,24)17-10-7-14(25-17)11-20-18(22)16-9-8-15(26-16)12-3-5-13(19)6-4-12/h3-10H,11H2,1-2H3,(H,20,22). The van der Waals surface area contributed by atoms with Gasteiger partial charge in [0.15, 0.2) is 0 Å². The van der Waals surface area contributed by atoms with Gasteiger partial charge in [0.1, 0.15) is 10.0 Å². The third-order valence-electron chi connectivity index (χ3n) is 3.75. The van der Waals surface area contributed by atoms with Crippen molar-refractivity contribution in [3.8, 4) is 10.4 Å². The number of halogens is 1. The highest BCUT2D eigenvalue weighted by molar-refractivity contribution is 7.91. The first-order valence-corrected chi connectivity index (χ1v) is 11.0. The molecule has 0 bridgehead atoms. The average molecular weight is 425 g/mol. The van der Waals surface area contributed by atoms with E-state index < -0.39 is 10.0 Å². The minimum atomic E-state index is -3.46. The van der Waals surface area contributed by atoms with Gasteiger partial charge in [0.05, 0.1) is 11.4 Å². The van der Waals surface area contributed by atoms with Gasteiger partial charge in [-0.05, 0) is 42.0 Å². The van der Waals surface area contributed by atoms with E-state index in [0.717, 1.165) is 31.0 Å². The molecule has 3 aromatic rings. The van der Waals surface area contributed by atoms with Crippen molar-refractivity contribution in [3.63, 3.8) is 0 Å². The molecule has 0 radical (unpaired) electrons. The van der Waals surface area contributed by atoms with Gasteiger partial charge < -0.3 is 5.32 Å². The first-order valence-electron chi connectivity index (χ1n) is 7.92. The highest BCUT2D eigenvalue weighted by Gasteiger charge is 2.19. The Hall–Kier alpha value is -2.07. The molecule has 0 aliphatic rings. The maximum atomic E-state index is 13.0. The van der Waals surface area contributed by atoms with Crippen molar-refractivity contribution in [2.45, 2.75) is 10.8 Å². The van der Waals surface area contributed by atoms with E-state index in [-0.39, 0.29) is 22.5 Å². The Morgan fingerprint density at radius 1 is 1.04 bits per heavy atom. The number of nitrogens with zero attached hydrogens (tertiary/aromatic N) is 1. The van der Waals surface area contributed by atoms with Crippen LogP contribution in [0.25, 0.3) is 10.4 Å². The number of sulfonamides is 1. The fourth-order valence-electron chi connectivity index (χ4n) is 2.26. The maximum absolute atomic E-state index is 13.0. The summed E-state index contributed by atoms with van der Waals surface area (Å²) >= 11 is 2.45. The van der Waals surface area contributed by atoms with E-state index in [1.165, 1.54) is 37.6 Å². The summed E-state index contributed by atoms with van der Waals surface area (Å²) in [6, 6.07) is 12.9. The van der Waals surface area contributed by atoms with Gasteiger partial charge in [-0.1, -0.05) is 12.1 Å². The molecule has 9 heteroatoms. The van der Waals surface area contributed by atoms with Crippen molar-refractivity contribution in [3.05, 3.63) is 64.1 Å². The van der Waals surface area contributed by atoms with E-state index in [9.17, 15) is 17.6 Å². The Bertz CT molecular complexity index is 1050. The predicted molar refractivity (Wildman–Crippen MR) is 106 cm³/mol. The minimum Gasteiger partial charge on any atom is -0.346 e. The molecule has 0 saturated carbocycles. The van der Waals surface area contributed by atoms with Crippen LogP contribution in [0.15, 0.2) is 52.7 Å². The monoisotopic (exact) mass is 424 g/mol. The first kappa shape index (κ1) is 19.7. The zero-order valence-corrected chi connectivity index (χ0v) is 17.1. The van der Waals surface area contributed by atoms with Crippen LogP contribution in [0.3, 0.4) is 0 Å². The van der Waals surface area contributed by atoms with E-state index >= 15 is 0 Å². The Kier molecular flexibility index (Phi) is 5.75. The number of amides is 1. The summed E-state index contributed by atoms with van der Waals surface area (Å²) in [7, 11) is -0.506. The minimum absolute atomic E-state index is 0.237. The smallest absolute Gasteiger partial charge is 0.261 e. The number of rotatable bonds is 6. The normalized spacial score (nSPS) is 11.7. The number of thiophene rings is 2. The second-order valence-electron chi connectivity index (χ2n) is 5.86. The molecule has 2 heterocycles. The second-order valence-corrected chi connectivity index (χ2v) is 10.5. The van der Waals surface area contributed by atoms with E-state index in [2.05, 4.69) is 5.32 Å². The van der Waals surface area contributed by atoms with Gasteiger partial charge >= 0.3 is 0 Å². The van der Waals surface area contributed by atoms with Gasteiger partial charge in [-0.2, -0.15) is 0 Å². The number of carbonyl (C=O) groups is 1. The molecule has 0 saturated heterocycles. The van der Waals surface area contributed by atoms with Crippen LogP contribution >= 0.6 is 22.7 Å². The molecule has 2 aromatic heterocycles. The highest BCUT2D eigenvalue weighted by Crippen LogP contribution is 2.28. The number of hydrogen-bond donors (Lipinski definition) is 1. The summed E-state index contributed by atoms with van der Waals surface area (Å²) in [5.41, 5.74) is 0.845. The fourth-order valence-corrected chi connectivity index (χ4v) is 5.65. The number of carbonyl (C=O) groups excluding carboxylic acids is 1. The average Bonchev–Trinajstić information content (AvgIpc) is 3.30. The number of benzene rings is 1. The van der Waals surface area contributed by atoms with Crippen LogP contribution < -0.4 is 5.32 Å². The van der Waals surface area contributed by atoms with Gasteiger partial charge in [0, 0.05) is 23.8 Å². The number of nitrogens with one attached hydrogen (secondary N) is 1. The largest absolute Gasteiger partial charge is 0.346 e. The Balaban J connectivity index is 1.65. The van der Waals surface area contributed by atoms with Crippen molar-refractivity contribution in [2.24, 2.45) is 0 Å². The Morgan fingerprint density at radius 3 is 2.41 bits per heavy atom. The summed E-state index contributed by atoms with van der Waals surface area (Å²) in [6.45, 7) is 0.246. The second kappa shape index (κ2) is 7.89. The van der Waals surface area contributed by atoms with Crippen LogP contribution in [0.5, 0.6) is 0 Å². The lowest BCUT2D eigenvalue weighted by Gasteiger charge is -2.08. The van der Waals surface area contributed by atoms with Crippen LogP contribution in [-0.2, 0) is 16.6 Å². The lowest BCUT2D eigenvalue weighted by atomic mass is 10.2. The highest BCUT2D eigenvalue weighted by atomic mass is 32.2. The number of hydrogen-bond acceptors (Lipinski definition) is 5. The molecular weight excluding hydrogens is 407 g/mol. The van der Waals surface area contributed by atoms with Gasteiger partial charge in [0.2, 0.25) is 0 Å². The SMILES string of the molecule is CN(C)S(=O)(=O)c1ccc(CNC(=O)c2ccc(-c3ccc(F)cc3)s2)s1. The van der Waals surface area contributed by atoms with E-state index in [1.54, 1.807) is 30.3 Å². The van der Waals surface area contributed by atoms with Crippen LogP contribution in [0.2, 0.25) is 0 Å². The summed E-state index contributed by atoms with van der Waals surface area (Å²) in [5, 5.41) is 2.80. The van der Waals surface area contributed by atoms with Gasteiger partial charge in [-0.3, -0.25) is 4.79 Å². The molecule has 0 spiro atoms. The summed E-state index contributed by atoms with van der Waals surface area (Å²) < 4.78 is 38.6. The third-order valence-corrected chi connectivity index (χ3v) is 8.25. The summed E-state index contributed by atoms with van der Waals surface area (Å²) in [4.78, 5) is 14.5. The lowest BCUT2D eigenvalue weighted by Crippen LogP contribution is -2.21. The Morgan fingerprint density at radius 2 is 1.74 bits per heavy atom. The molecule has 1 amide bonds. The molecule has 0 aliphatic carbocycles. The van der Waals surface area contributed by atoms with Crippen LogP contribution in [-0.4, -0.2) is 32.7 Å². The molecule has 0 atom stereocenters. The predicted octanol–water partition coefficient (Wildman–Crippen LogP) is 3.80. The van der Waals surface area contributed by atoms with Crippen LogP contribution in [0.4, 0.5) is 4.39 Å². The van der Waals surface area contributed by atoms with Crippen molar-refractivity contribution in [2.75, 3.05) is 14.1 Å². The molecule has 0 fully saturated rings. The summed E-state index contributed by atoms with van der Waals surface area (Å²) in [6.07, 6.45) is 0. The maximum Gasteiger partial charge on any atom is 0.261 e. The molecule has 5 nitrogen and oxygen atoms in total. The van der Waals surface area contributed by atoms with Crippen LogP contribution in [0, 0.1) is 5.82 Å². The van der Waals surface area contributed by atoms with Crippen molar-refractivity contribution in [1.29, 1.82) is 0 Å². The molecule has 0 unspecified atom stereocenters. The molecule has 27 heavy (non-hydrogen) atoms. The van der Waals surface area contributed by atoms with E-state index in [0.29, 0.717) is 4.88 Å². The van der Waals surface area contributed by atoms with Crippen molar-refractivity contribution >= 4 is 38.6 Å². The first-order chi connectivity index (χ1) is 12.8. The van der Waals surface area contributed by atoms with Gasteiger partial charge in [0.25, 0.3) is 15.9 Å².